The molecule has 0 unspecified atom stereocenters. The van der Waals surface area contributed by atoms with Gasteiger partial charge in [-0.3, -0.25) is 14.4 Å². The standard InChI is InChI=1S/C19H22N6O3/c1-2-10-20-17(27)12-21-16(26)9-8-15-23-18-14(19(28)24-15)11-22-25(18)13-6-4-3-5-7-13/h3-7,11H,2,8-10,12H2,1H3,(H,20,27)(H,21,26)(H,23,24,28). The molecule has 0 saturated carbocycles. The molecule has 28 heavy (non-hydrogen) atoms. The Labute approximate surface area is 161 Å². The fourth-order valence-electron chi connectivity index (χ4n) is 2.67. The van der Waals surface area contributed by atoms with E-state index >= 15 is 0 Å². The third-order valence-electron chi connectivity index (χ3n) is 4.10. The highest BCUT2D eigenvalue weighted by atomic mass is 16.2. The molecule has 0 spiro atoms. The van der Waals surface area contributed by atoms with Gasteiger partial charge in [0.25, 0.3) is 5.56 Å². The van der Waals surface area contributed by atoms with Crippen LogP contribution in [0.5, 0.6) is 0 Å². The number of aromatic amines is 1. The van der Waals surface area contributed by atoms with Crippen molar-refractivity contribution in [3.05, 3.63) is 52.7 Å². The van der Waals surface area contributed by atoms with Gasteiger partial charge in [-0.05, 0) is 18.6 Å². The van der Waals surface area contributed by atoms with Crippen molar-refractivity contribution < 1.29 is 9.59 Å². The molecule has 0 bridgehead atoms. The van der Waals surface area contributed by atoms with Gasteiger partial charge < -0.3 is 15.6 Å². The number of hydrogen-bond donors (Lipinski definition) is 3. The van der Waals surface area contributed by atoms with Crippen LogP contribution in [0.25, 0.3) is 16.7 Å². The topological polar surface area (TPSA) is 122 Å². The molecule has 3 aromatic rings. The molecular weight excluding hydrogens is 360 g/mol. The van der Waals surface area contributed by atoms with Gasteiger partial charge in [0.2, 0.25) is 11.8 Å². The van der Waals surface area contributed by atoms with Crippen molar-refractivity contribution in [2.75, 3.05) is 13.1 Å². The van der Waals surface area contributed by atoms with E-state index in [2.05, 4.69) is 25.7 Å². The Kier molecular flexibility index (Phi) is 6.15. The number of H-pyrrole nitrogens is 1. The Balaban J connectivity index is 1.68. The Morgan fingerprint density at radius 1 is 1.14 bits per heavy atom. The molecule has 0 atom stereocenters. The van der Waals surface area contributed by atoms with Crippen LogP contribution in [0.3, 0.4) is 0 Å². The molecular formula is C19H22N6O3. The third-order valence-corrected chi connectivity index (χ3v) is 4.10. The lowest BCUT2D eigenvalue weighted by atomic mass is 10.2. The number of carbonyl (C=O) groups excluding carboxylic acids is 2. The summed E-state index contributed by atoms with van der Waals surface area (Å²) in [6, 6.07) is 9.37. The summed E-state index contributed by atoms with van der Waals surface area (Å²) in [6.07, 6.45) is 2.66. The van der Waals surface area contributed by atoms with Gasteiger partial charge in [0.15, 0.2) is 5.65 Å². The van der Waals surface area contributed by atoms with Crippen molar-refractivity contribution in [1.82, 2.24) is 30.4 Å². The molecule has 3 rings (SSSR count). The van der Waals surface area contributed by atoms with Crippen LogP contribution in [-0.4, -0.2) is 44.7 Å². The zero-order valence-corrected chi connectivity index (χ0v) is 15.6. The SMILES string of the molecule is CCCNC(=O)CNC(=O)CCc1nc2c(cnn2-c2ccccc2)c(=O)[nH]1. The van der Waals surface area contributed by atoms with Crippen molar-refractivity contribution in [1.29, 1.82) is 0 Å². The van der Waals surface area contributed by atoms with Crippen molar-refractivity contribution in [2.45, 2.75) is 26.2 Å². The predicted molar refractivity (Wildman–Crippen MR) is 104 cm³/mol. The molecule has 0 saturated heterocycles. The molecule has 9 nitrogen and oxygen atoms in total. The van der Waals surface area contributed by atoms with Crippen molar-refractivity contribution in [2.24, 2.45) is 0 Å². The summed E-state index contributed by atoms with van der Waals surface area (Å²) in [5.41, 5.74) is 0.920. The van der Waals surface area contributed by atoms with Crippen LogP contribution in [0.2, 0.25) is 0 Å². The van der Waals surface area contributed by atoms with Crippen LogP contribution in [-0.2, 0) is 16.0 Å². The summed E-state index contributed by atoms with van der Waals surface area (Å²) in [7, 11) is 0. The lowest BCUT2D eigenvalue weighted by Gasteiger charge is -2.06. The minimum Gasteiger partial charge on any atom is -0.355 e. The summed E-state index contributed by atoms with van der Waals surface area (Å²) in [5, 5.41) is 9.87. The first-order chi connectivity index (χ1) is 13.6. The number of aromatic nitrogens is 4. The number of aryl methyl sites for hydroxylation is 1. The normalized spacial score (nSPS) is 10.8. The van der Waals surface area contributed by atoms with Gasteiger partial charge >= 0.3 is 0 Å². The van der Waals surface area contributed by atoms with Gasteiger partial charge in [-0.25, -0.2) is 9.67 Å². The minimum absolute atomic E-state index is 0.0669. The number of carbonyl (C=O) groups is 2. The minimum atomic E-state index is -0.304. The van der Waals surface area contributed by atoms with Crippen LogP contribution in [0, 0.1) is 0 Å². The second-order valence-corrected chi connectivity index (χ2v) is 6.27. The third kappa shape index (κ3) is 4.61. The molecule has 0 aliphatic rings. The second kappa shape index (κ2) is 8.94. The molecule has 2 aromatic heterocycles. The van der Waals surface area contributed by atoms with E-state index in [1.165, 1.54) is 6.20 Å². The number of para-hydroxylation sites is 1. The van der Waals surface area contributed by atoms with E-state index in [1.54, 1.807) is 4.68 Å². The number of nitrogens with zero attached hydrogens (tertiary/aromatic N) is 3. The number of nitrogens with one attached hydrogen (secondary N) is 3. The van der Waals surface area contributed by atoms with Gasteiger partial charge in [-0.1, -0.05) is 25.1 Å². The van der Waals surface area contributed by atoms with Crippen LogP contribution >= 0.6 is 0 Å². The number of amides is 2. The molecule has 9 heteroatoms. The highest BCUT2D eigenvalue weighted by Gasteiger charge is 2.12. The lowest BCUT2D eigenvalue weighted by Crippen LogP contribution is -2.37. The zero-order valence-electron chi connectivity index (χ0n) is 15.6. The van der Waals surface area contributed by atoms with Crippen LogP contribution in [0.1, 0.15) is 25.6 Å². The smallest absolute Gasteiger partial charge is 0.262 e. The Bertz CT molecular complexity index is 1030. The fourth-order valence-corrected chi connectivity index (χ4v) is 2.67. The maximum atomic E-state index is 12.3. The van der Waals surface area contributed by atoms with Gasteiger partial charge in [0, 0.05) is 19.4 Å². The van der Waals surface area contributed by atoms with E-state index in [0.29, 0.717) is 23.4 Å². The molecule has 2 amide bonds. The second-order valence-electron chi connectivity index (χ2n) is 6.27. The highest BCUT2D eigenvalue weighted by molar-refractivity contribution is 5.84. The maximum absolute atomic E-state index is 12.3. The Morgan fingerprint density at radius 2 is 1.93 bits per heavy atom. The first-order valence-electron chi connectivity index (χ1n) is 9.14. The average molecular weight is 382 g/mol. The molecule has 3 N–H and O–H groups in total. The molecule has 0 aliphatic heterocycles. The summed E-state index contributed by atoms with van der Waals surface area (Å²) in [6.45, 7) is 2.46. The first-order valence-corrected chi connectivity index (χ1v) is 9.14. The van der Waals surface area contributed by atoms with Gasteiger partial charge in [0.1, 0.15) is 11.2 Å². The van der Waals surface area contributed by atoms with Crippen molar-refractivity contribution in [3.8, 4) is 5.69 Å². The number of benzene rings is 1. The van der Waals surface area contributed by atoms with Crippen LogP contribution in [0.15, 0.2) is 41.3 Å². The summed E-state index contributed by atoms with van der Waals surface area (Å²) >= 11 is 0. The number of fused-ring (bicyclic) bond motifs is 1. The molecule has 2 heterocycles. The van der Waals surface area contributed by atoms with E-state index in [-0.39, 0.29) is 36.8 Å². The Morgan fingerprint density at radius 3 is 2.68 bits per heavy atom. The van der Waals surface area contributed by atoms with E-state index in [9.17, 15) is 14.4 Å². The van der Waals surface area contributed by atoms with Gasteiger partial charge in [0.05, 0.1) is 18.4 Å². The maximum Gasteiger partial charge on any atom is 0.262 e. The van der Waals surface area contributed by atoms with Gasteiger partial charge in [-0.15, -0.1) is 0 Å². The largest absolute Gasteiger partial charge is 0.355 e. The number of rotatable bonds is 8. The molecule has 0 aliphatic carbocycles. The van der Waals surface area contributed by atoms with Crippen LogP contribution in [0.4, 0.5) is 0 Å². The van der Waals surface area contributed by atoms with E-state index < -0.39 is 0 Å². The summed E-state index contributed by atoms with van der Waals surface area (Å²) in [5.74, 6) is -0.123. The molecule has 146 valence electrons. The zero-order chi connectivity index (χ0) is 19.9. The average Bonchev–Trinajstić information content (AvgIpc) is 3.14. The number of hydrogen-bond acceptors (Lipinski definition) is 5. The predicted octanol–water partition coefficient (Wildman–Crippen LogP) is 0.684. The van der Waals surface area contributed by atoms with E-state index in [0.717, 1.165) is 12.1 Å². The fraction of sp³-hybridized carbons (Fsp3) is 0.316. The summed E-state index contributed by atoms with van der Waals surface area (Å²) in [4.78, 5) is 42.9. The molecule has 0 fully saturated rings. The highest BCUT2D eigenvalue weighted by Crippen LogP contribution is 2.13. The first kappa shape index (κ1) is 19.3. The summed E-state index contributed by atoms with van der Waals surface area (Å²) < 4.78 is 1.59. The molecule has 1 aromatic carbocycles. The lowest BCUT2D eigenvalue weighted by molar-refractivity contribution is -0.126. The quantitative estimate of drug-likeness (QED) is 0.529. The van der Waals surface area contributed by atoms with E-state index in [1.807, 2.05) is 37.3 Å². The molecule has 0 radical (unpaired) electrons. The van der Waals surface area contributed by atoms with Crippen molar-refractivity contribution in [3.63, 3.8) is 0 Å². The Hall–Kier alpha value is -3.49. The van der Waals surface area contributed by atoms with Crippen molar-refractivity contribution >= 4 is 22.8 Å². The monoisotopic (exact) mass is 382 g/mol. The van der Waals surface area contributed by atoms with E-state index in [4.69, 9.17) is 0 Å². The van der Waals surface area contributed by atoms with Gasteiger partial charge in [-0.2, -0.15) is 5.10 Å². The van der Waals surface area contributed by atoms with Crippen LogP contribution < -0.4 is 16.2 Å².